The summed E-state index contributed by atoms with van der Waals surface area (Å²) < 4.78 is 0. The standard InChI is InChI=1S/C35H51NO2/c1-24(11-16-33(38)36-21-7-10-26(23-36)25-8-5-4-6-9-25)30-14-15-31-29-13-12-27-22-28(37)17-19-34(27,2)32(29)18-20-35(30,31)3/h4-6,8-9,12,24,26,28-32,37H,7,10-11,13-23H2,1-3H3/t24?,26-,28-,29-,30+,31-,32-,34-,35+/m0/s1. The summed E-state index contributed by atoms with van der Waals surface area (Å²) in [7, 11) is 0. The molecule has 208 valence electrons. The van der Waals surface area contributed by atoms with Crippen LogP contribution < -0.4 is 0 Å². The molecule has 0 spiro atoms. The number of rotatable bonds is 5. The van der Waals surface area contributed by atoms with Gasteiger partial charge in [-0.15, -0.1) is 0 Å². The van der Waals surface area contributed by atoms with Crippen LogP contribution >= 0.6 is 0 Å². The molecule has 3 nitrogen and oxygen atoms in total. The Hall–Kier alpha value is -1.61. The largest absolute Gasteiger partial charge is 0.393 e. The normalized spacial score (nSPS) is 41.5. The summed E-state index contributed by atoms with van der Waals surface area (Å²) in [5.74, 6) is 4.72. The van der Waals surface area contributed by atoms with E-state index in [-0.39, 0.29) is 6.10 Å². The SMILES string of the molecule is CC(CCC(=O)N1CCC[C@H](c2ccccc2)C1)[C@H]1CC[C@H]2[C@@H]3CC=C4C[C@@H](O)CC[C@]4(C)[C@H]3CC[C@]12C. The molecular weight excluding hydrogens is 466 g/mol. The van der Waals surface area contributed by atoms with Crippen molar-refractivity contribution in [3.63, 3.8) is 0 Å². The van der Waals surface area contributed by atoms with Gasteiger partial charge < -0.3 is 10.0 Å². The molecule has 4 aliphatic carbocycles. The molecule has 1 heterocycles. The number of allylic oxidation sites excluding steroid dienone is 1. The molecule has 9 atom stereocenters. The lowest BCUT2D eigenvalue weighted by molar-refractivity contribution is -0.133. The average Bonchev–Trinajstić information content (AvgIpc) is 3.30. The van der Waals surface area contributed by atoms with Crippen molar-refractivity contribution in [1.82, 2.24) is 4.90 Å². The van der Waals surface area contributed by atoms with Crippen molar-refractivity contribution >= 4 is 5.91 Å². The first kappa shape index (κ1) is 26.6. The van der Waals surface area contributed by atoms with Gasteiger partial charge in [-0.25, -0.2) is 0 Å². The first-order chi connectivity index (χ1) is 18.3. The van der Waals surface area contributed by atoms with Crippen molar-refractivity contribution in [3.05, 3.63) is 47.5 Å². The molecule has 38 heavy (non-hydrogen) atoms. The van der Waals surface area contributed by atoms with E-state index in [4.69, 9.17) is 0 Å². The van der Waals surface area contributed by atoms with E-state index in [2.05, 4.69) is 62.1 Å². The topological polar surface area (TPSA) is 40.5 Å². The van der Waals surface area contributed by atoms with Crippen LogP contribution in [0.3, 0.4) is 0 Å². The van der Waals surface area contributed by atoms with Gasteiger partial charge in [0.05, 0.1) is 6.10 Å². The summed E-state index contributed by atoms with van der Waals surface area (Å²) in [5, 5.41) is 10.3. The molecule has 3 saturated carbocycles. The number of hydrogen-bond donors (Lipinski definition) is 1. The van der Waals surface area contributed by atoms with Crippen molar-refractivity contribution in [2.45, 2.75) is 110 Å². The number of benzene rings is 1. The molecule has 0 bridgehead atoms. The minimum absolute atomic E-state index is 0.117. The third kappa shape index (κ3) is 4.59. The average molecular weight is 518 g/mol. The molecule has 6 rings (SSSR count). The highest BCUT2D eigenvalue weighted by atomic mass is 16.3. The fraction of sp³-hybridized carbons (Fsp3) is 0.743. The summed E-state index contributed by atoms with van der Waals surface area (Å²) in [4.78, 5) is 15.5. The Labute approximate surface area is 231 Å². The van der Waals surface area contributed by atoms with Crippen LogP contribution in [0.4, 0.5) is 0 Å². The maximum atomic E-state index is 13.3. The van der Waals surface area contributed by atoms with Crippen molar-refractivity contribution in [1.29, 1.82) is 0 Å². The molecule has 3 heteroatoms. The van der Waals surface area contributed by atoms with Gasteiger partial charge in [-0.3, -0.25) is 4.79 Å². The second-order valence-corrected chi connectivity index (χ2v) is 14.5. The van der Waals surface area contributed by atoms with Gasteiger partial charge in [-0.05, 0) is 117 Å². The Kier molecular flexibility index (Phi) is 7.29. The molecule has 1 saturated heterocycles. The van der Waals surface area contributed by atoms with Crippen LogP contribution in [0.2, 0.25) is 0 Å². The molecule has 1 aliphatic heterocycles. The van der Waals surface area contributed by atoms with Crippen LogP contribution in [-0.2, 0) is 4.79 Å². The van der Waals surface area contributed by atoms with E-state index in [0.29, 0.717) is 28.6 Å². The molecule has 1 N–H and O–H groups in total. The number of amides is 1. The summed E-state index contributed by atoms with van der Waals surface area (Å²) in [5.41, 5.74) is 3.73. The van der Waals surface area contributed by atoms with Crippen LogP contribution in [0, 0.1) is 40.4 Å². The highest BCUT2D eigenvalue weighted by Crippen LogP contribution is 2.67. The van der Waals surface area contributed by atoms with Gasteiger partial charge in [0, 0.05) is 25.4 Å². The van der Waals surface area contributed by atoms with E-state index in [0.717, 1.165) is 68.9 Å². The molecule has 0 aromatic heterocycles. The van der Waals surface area contributed by atoms with Crippen molar-refractivity contribution in [3.8, 4) is 0 Å². The lowest BCUT2D eigenvalue weighted by Crippen LogP contribution is -2.50. The number of fused-ring (bicyclic) bond motifs is 5. The summed E-state index contributed by atoms with van der Waals surface area (Å²) in [6, 6.07) is 10.8. The molecule has 1 amide bonds. The minimum Gasteiger partial charge on any atom is -0.393 e. The third-order valence-corrected chi connectivity index (χ3v) is 12.7. The van der Waals surface area contributed by atoms with Gasteiger partial charge in [-0.1, -0.05) is 62.8 Å². The Morgan fingerprint density at radius 3 is 2.68 bits per heavy atom. The number of aliphatic hydroxyl groups excluding tert-OH is 1. The summed E-state index contributed by atoms with van der Waals surface area (Å²) >= 11 is 0. The number of aliphatic hydroxyl groups is 1. The first-order valence-electron chi connectivity index (χ1n) is 16.0. The molecule has 0 radical (unpaired) electrons. The molecular formula is C35H51NO2. The second-order valence-electron chi connectivity index (χ2n) is 14.5. The molecule has 5 aliphatic rings. The molecule has 1 aromatic rings. The fourth-order valence-electron chi connectivity index (χ4n) is 10.5. The zero-order chi connectivity index (χ0) is 26.5. The number of piperidine rings is 1. The Morgan fingerprint density at radius 2 is 1.87 bits per heavy atom. The van der Waals surface area contributed by atoms with Gasteiger partial charge in [0.2, 0.25) is 5.91 Å². The van der Waals surface area contributed by atoms with Crippen LogP contribution in [0.25, 0.3) is 0 Å². The molecule has 4 fully saturated rings. The predicted octanol–water partition coefficient (Wildman–Crippen LogP) is 7.75. The lowest BCUT2D eigenvalue weighted by Gasteiger charge is -2.58. The number of carbonyl (C=O) groups excluding carboxylic acids is 1. The van der Waals surface area contributed by atoms with Crippen molar-refractivity contribution in [2.24, 2.45) is 40.4 Å². The van der Waals surface area contributed by atoms with E-state index in [1.54, 1.807) is 5.57 Å². The third-order valence-electron chi connectivity index (χ3n) is 12.7. The highest BCUT2D eigenvalue weighted by Gasteiger charge is 2.59. The number of hydrogen-bond acceptors (Lipinski definition) is 2. The van der Waals surface area contributed by atoms with Crippen LogP contribution in [-0.4, -0.2) is 35.1 Å². The first-order valence-corrected chi connectivity index (χ1v) is 16.0. The maximum absolute atomic E-state index is 13.3. The smallest absolute Gasteiger partial charge is 0.222 e. The Morgan fingerprint density at radius 1 is 1.05 bits per heavy atom. The quantitative estimate of drug-likeness (QED) is 0.406. The summed E-state index contributed by atoms with van der Waals surface area (Å²) in [6.45, 7) is 9.46. The predicted molar refractivity (Wildman–Crippen MR) is 155 cm³/mol. The monoisotopic (exact) mass is 517 g/mol. The van der Waals surface area contributed by atoms with Crippen molar-refractivity contribution < 1.29 is 9.90 Å². The lowest BCUT2D eigenvalue weighted by atomic mass is 9.47. The number of nitrogens with zero attached hydrogens (tertiary/aromatic N) is 1. The summed E-state index contributed by atoms with van der Waals surface area (Å²) in [6.07, 6.45) is 16.3. The van der Waals surface area contributed by atoms with Gasteiger partial charge in [0.25, 0.3) is 0 Å². The van der Waals surface area contributed by atoms with E-state index in [1.165, 1.54) is 50.5 Å². The van der Waals surface area contributed by atoms with Crippen LogP contribution in [0.15, 0.2) is 42.0 Å². The van der Waals surface area contributed by atoms with Gasteiger partial charge in [0.15, 0.2) is 0 Å². The number of likely N-dealkylation sites (tertiary alicyclic amines) is 1. The highest BCUT2D eigenvalue weighted by molar-refractivity contribution is 5.76. The van der Waals surface area contributed by atoms with E-state index in [9.17, 15) is 9.90 Å². The minimum atomic E-state index is -0.117. The second kappa shape index (κ2) is 10.4. The fourth-order valence-corrected chi connectivity index (χ4v) is 10.5. The zero-order valence-electron chi connectivity index (χ0n) is 24.2. The number of carbonyl (C=O) groups is 1. The Bertz CT molecular complexity index is 1030. The molecule has 1 unspecified atom stereocenters. The van der Waals surface area contributed by atoms with Crippen LogP contribution in [0.5, 0.6) is 0 Å². The van der Waals surface area contributed by atoms with E-state index >= 15 is 0 Å². The van der Waals surface area contributed by atoms with Gasteiger partial charge in [-0.2, -0.15) is 0 Å². The maximum Gasteiger partial charge on any atom is 0.222 e. The molecule has 1 aromatic carbocycles. The van der Waals surface area contributed by atoms with Crippen LogP contribution in [0.1, 0.15) is 109 Å². The van der Waals surface area contributed by atoms with Crippen molar-refractivity contribution in [2.75, 3.05) is 13.1 Å². The van der Waals surface area contributed by atoms with Gasteiger partial charge >= 0.3 is 0 Å². The zero-order valence-corrected chi connectivity index (χ0v) is 24.2. The van der Waals surface area contributed by atoms with E-state index in [1.807, 2.05) is 0 Å². The van der Waals surface area contributed by atoms with E-state index < -0.39 is 0 Å². The Balaban J connectivity index is 1.07. The van der Waals surface area contributed by atoms with Gasteiger partial charge in [0.1, 0.15) is 0 Å².